The van der Waals surface area contributed by atoms with Crippen molar-refractivity contribution in [3.63, 3.8) is 0 Å². The SMILES string of the molecule is COc1ccc(C)cc1NC(=O)CCN(C(C)=O)c1ccccc1C(C)C. The van der Waals surface area contributed by atoms with Crippen molar-refractivity contribution < 1.29 is 14.3 Å². The van der Waals surface area contributed by atoms with Gasteiger partial charge < -0.3 is 15.0 Å². The number of hydrogen-bond acceptors (Lipinski definition) is 3. The lowest BCUT2D eigenvalue weighted by Crippen LogP contribution is -2.32. The Hall–Kier alpha value is -2.82. The second-order valence-corrected chi connectivity index (χ2v) is 6.89. The number of anilines is 2. The van der Waals surface area contributed by atoms with Gasteiger partial charge in [0.1, 0.15) is 5.75 Å². The van der Waals surface area contributed by atoms with E-state index in [1.54, 1.807) is 12.0 Å². The number of ether oxygens (including phenoxy) is 1. The first-order chi connectivity index (χ1) is 12.8. The monoisotopic (exact) mass is 368 g/mol. The third kappa shape index (κ3) is 5.33. The predicted molar refractivity (Wildman–Crippen MR) is 110 cm³/mol. The van der Waals surface area contributed by atoms with Gasteiger partial charge in [0.2, 0.25) is 11.8 Å². The molecule has 2 aromatic carbocycles. The molecule has 2 aromatic rings. The largest absolute Gasteiger partial charge is 0.495 e. The van der Waals surface area contributed by atoms with Crippen LogP contribution in [0.2, 0.25) is 0 Å². The first kappa shape index (κ1) is 20.5. The van der Waals surface area contributed by atoms with Crippen molar-refractivity contribution in [1.29, 1.82) is 0 Å². The summed E-state index contributed by atoms with van der Waals surface area (Å²) in [5, 5.41) is 2.88. The van der Waals surface area contributed by atoms with E-state index in [9.17, 15) is 9.59 Å². The maximum atomic E-state index is 12.5. The zero-order chi connectivity index (χ0) is 20.0. The summed E-state index contributed by atoms with van der Waals surface area (Å²) in [5.41, 5.74) is 3.62. The lowest BCUT2D eigenvalue weighted by Gasteiger charge is -2.25. The van der Waals surface area contributed by atoms with E-state index in [4.69, 9.17) is 4.74 Å². The van der Waals surface area contributed by atoms with Gasteiger partial charge in [-0.3, -0.25) is 9.59 Å². The van der Waals surface area contributed by atoms with Gasteiger partial charge in [-0.15, -0.1) is 0 Å². The molecule has 2 amide bonds. The fraction of sp³-hybridized carbons (Fsp3) is 0.364. The number of carbonyl (C=O) groups excluding carboxylic acids is 2. The number of nitrogens with one attached hydrogen (secondary N) is 1. The molecule has 0 spiro atoms. The van der Waals surface area contributed by atoms with E-state index in [2.05, 4.69) is 19.2 Å². The van der Waals surface area contributed by atoms with Gasteiger partial charge in [-0.25, -0.2) is 0 Å². The zero-order valence-corrected chi connectivity index (χ0v) is 16.7. The molecule has 0 radical (unpaired) electrons. The van der Waals surface area contributed by atoms with Gasteiger partial charge in [0.05, 0.1) is 12.8 Å². The van der Waals surface area contributed by atoms with Gasteiger partial charge in [0.25, 0.3) is 0 Å². The summed E-state index contributed by atoms with van der Waals surface area (Å²) < 4.78 is 5.30. The van der Waals surface area contributed by atoms with E-state index in [1.165, 1.54) is 6.92 Å². The maximum Gasteiger partial charge on any atom is 0.226 e. The number of rotatable bonds is 7. The third-order valence-corrected chi connectivity index (χ3v) is 4.42. The molecule has 144 valence electrons. The number of hydrogen-bond donors (Lipinski definition) is 1. The highest BCUT2D eigenvalue weighted by molar-refractivity contribution is 5.96. The van der Waals surface area contributed by atoms with E-state index < -0.39 is 0 Å². The Morgan fingerprint density at radius 3 is 2.48 bits per heavy atom. The molecule has 0 aliphatic rings. The summed E-state index contributed by atoms with van der Waals surface area (Å²) in [4.78, 5) is 26.3. The summed E-state index contributed by atoms with van der Waals surface area (Å²) in [5.74, 6) is 0.659. The number of amides is 2. The molecule has 0 bridgehead atoms. The molecule has 0 saturated heterocycles. The minimum absolute atomic E-state index is 0.0796. The quantitative estimate of drug-likeness (QED) is 0.782. The Morgan fingerprint density at radius 1 is 1.15 bits per heavy atom. The van der Waals surface area contributed by atoms with Crippen molar-refractivity contribution in [1.82, 2.24) is 0 Å². The molecule has 0 saturated carbocycles. The van der Waals surface area contributed by atoms with E-state index >= 15 is 0 Å². The van der Waals surface area contributed by atoms with E-state index in [-0.39, 0.29) is 24.2 Å². The van der Waals surface area contributed by atoms with Gasteiger partial charge in [-0.1, -0.05) is 38.1 Å². The first-order valence-electron chi connectivity index (χ1n) is 9.15. The van der Waals surface area contributed by atoms with Crippen molar-refractivity contribution in [2.24, 2.45) is 0 Å². The topological polar surface area (TPSA) is 58.6 Å². The Balaban J connectivity index is 2.12. The van der Waals surface area contributed by atoms with E-state index in [0.29, 0.717) is 18.0 Å². The van der Waals surface area contributed by atoms with Crippen molar-refractivity contribution in [3.8, 4) is 5.75 Å². The Kier molecular flexibility index (Phi) is 6.99. The van der Waals surface area contributed by atoms with Gasteiger partial charge in [0.15, 0.2) is 0 Å². The maximum absolute atomic E-state index is 12.5. The molecule has 0 heterocycles. The van der Waals surface area contributed by atoms with Crippen LogP contribution in [0.15, 0.2) is 42.5 Å². The minimum atomic E-state index is -0.160. The van der Waals surface area contributed by atoms with Crippen LogP contribution in [0.4, 0.5) is 11.4 Å². The molecule has 2 rings (SSSR count). The molecule has 1 N–H and O–H groups in total. The molecule has 0 aliphatic carbocycles. The van der Waals surface area contributed by atoms with Crippen molar-refractivity contribution in [2.45, 2.75) is 40.0 Å². The van der Waals surface area contributed by atoms with Crippen LogP contribution in [0.1, 0.15) is 44.2 Å². The van der Waals surface area contributed by atoms with Crippen LogP contribution in [0, 0.1) is 6.92 Å². The molecule has 0 fully saturated rings. The van der Waals surface area contributed by atoms with Crippen LogP contribution in [0.3, 0.4) is 0 Å². The van der Waals surface area contributed by atoms with Crippen LogP contribution in [-0.2, 0) is 9.59 Å². The number of benzene rings is 2. The molecule has 5 heteroatoms. The second kappa shape index (κ2) is 9.21. The lowest BCUT2D eigenvalue weighted by atomic mass is 10.0. The van der Waals surface area contributed by atoms with Gasteiger partial charge in [-0.2, -0.15) is 0 Å². The van der Waals surface area contributed by atoms with E-state index in [0.717, 1.165) is 16.8 Å². The Bertz CT molecular complexity index is 815. The zero-order valence-electron chi connectivity index (χ0n) is 16.7. The number of nitrogens with zero attached hydrogens (tertiary/aromatic N) is 1. The molecule has 5 nitrogen and oxygen atoms in total. The predicted octanol–water partition coefficient (Wildman–Crippen LogP) is 4.51. The summed E-state index contributed by atoms with van der Waals surface area (Å²) in [6, 6.07) is 13.4. The van der Waals surface area contributed by atoms with Crippen molar-refractivity contribution >= 4 is 23.2 Å². The highest BCUT2D eigenvalue weighted by Crippen LogP contribution is 2.28. The average Bonchev–Trinajstić information content (AvgIpc) is 2.62. The van der Waals surface area contributed by atoms with E-state index in [1.807, 2.05) is 49.4 Å². The Labute approximate surface area is 161 Å². The van der Waals surface area contributed by atoms with Crippen LogP contribution < -0.4 is 15.0 Å². The minimum Gasteiger partial charge on any atom is -0.495 e. The lowest BCUT2D eigenvalue weighted by molar-refractivity contribution is -0.117. The molecule has 0 aliphatic heterocycles. The number of para-hydroxylation sites is 1. The number of carbonyl (C=O) groups is 2. The normalized spacial score (nSPS) is 10.6. The van der Waals surface area contributed by atoms with Crippen LogP contribution in [-0.4, -0.2) is 25.5 Å². The molecule has 0 aromatic heterocycles. The van der Waals surface area contributed by atoms with Gasteiger partial charge in [-0.05, 0) is 42.2 Å². The van der Waals surface area contributed by atoms with Gasteiger partial charge in [0, 0.05) is 25.6 Å². The fourth-order valence-corrected chi connectivity index (χ4v) is 3.01. The first-order valence-corrected chi connectivity index (χ1v) is 9.15. The fourth-order valence-electron chi connectivity index (χ4n) is 3.01. The number of aryl methyl sites for hydroxylation is 1. The average molecular weight is 368 g/mol. The highest BCUT2D eigenvalue weighted by Gasteiger charge is 2.18. The van der Waals surface area contributed by atoms with Crippen LogP contribution in [0.25, 0.3) is 0 Å². The van der Waals surface area contributed by atoms with Crippen LogP contribution >= 0.6 is 0 Å². The summed E-state index contributed by atoms with van der Waals surface area (Å²) >= 11 is 0. The molecule has 0 atom stereocenters. The van der Waals surface area contributed by atoms with Crippen LogP contribution in [0.5, 0.6) is 5.75 Å². The van der Waals surface area contributed by atoms with Crippen molar-refractivity contribution in [2.75, 3.05) is 23.9 Å². The summed E-state index contributed by atoms with van der Waals surface area (Å²) in [6.07, 6.45) is 0.198. The summed E-state index contributed by atoms with van der Waals surface area (Å²) in [6.45, 7) is 7.98. The van der Waals surface area contributed by atoms with Crippen molar-refractivity contribution in [3.05, 3.63) is 53.6 Å². The molecule has 0 unspecified atom stereocenters. The third-order valence-electron chi connectivity index (χ3n) is 4.42. The number of methoxy groups -OCH3 is 1. The Morgan fingerprint density at radius 2 is 1.85 bits per heavy atom. The highest BCUT2D eigenvalue weighted by atomic mass is 16.5. The standard InChI is InChI=1S/C22H28N2O3/c1-15(2)18-8-6-7-9-20(18)24(17(4)25)13-12-22(26)23-19-14-16(3)10-11-21(19)27-5/h6-11,14-15H,12-13H2,1-5H3,(H,23,26). The molecular formula is C22H28N2O3. The summed E-state index contributed by atoms with van der Waals surface area (Å²) in [7, 11) is 1.57. The molecular weight excluding hydrogens is 340 g/mol. The molecule has 27 heavy (non-hydrogen) atoms. The smallest absolute Gasteiger partial charge is 0.226 e. The second-order valence-electron chi connectivity index (χ2n) is 6.89. The van der Waals surface area contributed by atoms with Gasteiger partial charge >= 0.3 is 0 Å².